The van der Waals surface area contributed by atoms with E-state index in [1.165, 1.54) is 12.3 Å². The quantitative estimate of drug-likeness (QED) is 0.871. The van der Waals surface area contributed by atoms with Crippen molar-refractivity contribution in [3.63, 3.8) is 0 Å². The molecule has 0 fully saturated rings. The number of nitrogens with one attached hydrogen (secondary N) is 1. The van der Waals surface area contributed by atoms with Gasteiger partial charge in [-0.1, -0.05) is 17.7 Å². The van der Waals surface area contributed by atoms with Crippen molar-refractivity contribution in [3.8, 4) is 11.6 Å². The summed E-state index contributed by atoms with van der Waals surface area (Å²) in [6, 6.07) is 10.3. The van der Waals surface area contributed by atoms with E-state index in [1.807, 2.05) is 19.1 Å². The standard InChI is InChI=1S/C15H14N2O4/c1-10-4-6-11(7-5-10)21-15-12(3-2-8-16-15)14(20)17-9-13(18)19/h2-8H,9H2,1H3,(H,17,20)(H,18,19)/p-1. The van der Waals surface area contributed by atoms with Gasteiger partial charge in [0.25, 0.3) is 5.91 Å². The first-order valence-electron chi connectivity index (χ1n) is 6.24. The Bertz CT molecular complexity index is 653. The fraction of sp³-hybridized carbons (Fsp3) is 0.133. The van der Waals surface area contributed by atoms with Crippen molar-refractivity contribution in [2.75, 3.05) is 6.54 Å². The number of ether oxygens (including phenoxy) is 1. The molecule has 0 aliphatic rings. The average molecular weight is 285 g/mol. The van der Waals surface area contributed by atoms with Crippen LogP contribution < -0.4 is 15.2 Å². The van der Waals surface area contributed by atoms with E-state index in [-0.39, 0.29) is 11.4 Å². The minimum atomic E-state index is -1.37. The Kier molecular flexibility index (Phi) is 4.50. The van der Waals surface area contributed by atoms with Crippen LogP contribution in [0.3, 0.4) is 0 Å². The number of aliphatic carboxylic acids is 1. The highest BCUT2D eigenvalue weighted by Gasteiger charge is 2.13. The smallest absolute Gasteiger partial charge is 0.257 e. The lowest BCUT2D eigenvalue weighted by atomic mass is 10.2. The van der Waals surface area contributed by atoms with Crippen LogP contribution in [0, 0.1) is 6.92 Å². The number of carbonyl (C=O) groups excluding carboxylic acids is 2. The fourth-order valence-electron chi connectivity index (χ4n) is 1.61. The predicted molar refractivity (Wildman–Crippen MR) is 72.8 cm³/mol. The van der Waals surface area contributed by atoms with Crippen LogP contribution in [-0.2, 0) is 4.79 Å². The summed E-state index contributed by atoms with van der Waals surface area (Å²) in [6.45, 7) is 1.38. The molecule has 1 aromatic carbocycles. The Balaban J connectivity index is 2.18. The number of pyridine rings is 1. The molecular formula is C15H13N2O4-. The highest BCUT2D eigenvalue weighted by Crippen LogP contribution is 2.23. The maximum absolute atomic E-state index is 11.9. The molecule has 108 valence electrons. The molecule has 0 radical (unpaired) electrons. The molecule has 6 nitrogen and oxygen atoms in total. The second-order valence-electron chi connectivity index (χ2n) is 4.33. The molecule has 0 saturated carbocycles. The second-order valence-corrected chi connectivity index (χ2v) is 4.33. The molecule has 1 N–H and O–H groups in total. The molecule has 1 heterocycles. The number of aromatic nitrogens is 1. The lowest BCUT2D eigenvalue weighted by molar-refractivity contribution is -0.303. The van der Waals surface area contributed by atoms with Gasteiger partial charge in [-0.05, 0) is 31.2 Å². The van der Waals surface area contributed by atoms with Gasteiger partial charge in [0.05, 0.1) is 12.5 Å². The average Bonchev–Trinajstić information content (AvgIpc) is 2.48. The topological polar surface area (TPSA) is 91.3 Å². The number of hydrogen-bond donors (Lipinski definition) is 1. The molecule has 1 amide bonds. The monoisotopic (exact) mass is 285 g/mol. The molecule has 2 aromatic rings. The molecule has 1 aromatic heterocycles. The molecule has 0 unspecified atom stereocenters. The molecular weight excluding hydrogens is 272 g/mol. The predicted octanol–water partition coefficient (Wildman–Crippen LogP) is 0.662. The van der Waals surface area contributed by atoms with Gasteiger partial charge < -0.3 is 20.0 Å². The number of amides is 1. The molecule has 2 rings (SSSR count). The molecule has 0 saturated heterocycles. The van der Waals surface area contributed by atoms with Crippen LogP contribution >= 0.6 is 0 Å². The Morgan fingerprint density at radius 2 is 1.95 bits per heavy atom. The minimum Gasteiger partial charge on any atom is -0.548 e. The summed E-state index contributed by atoms with van der Waals surface area (Å²) in [4.78, 5) is 26.3. The molecule has 0 atom stereocenters. The zero-order chi connectivity index (χ0) is 15.2. The summed E-state index contributed by atoms with van der Waals surface area (Å²) >= 11 is 0. The number of carboxylic acids is 1. The van der Waals surface area contributed by atoms with Crippen molar-refractivity contribution in [3.05, 3.63) is 53.7 Å². The van der Waals surface area contributed by atoms with Crippen molar-refractivity contribution < 1.29 is 19.4 Å². The lowest BCUT2D eigenvalue weighted by Crippen LogP contribution is -2.37. The van der Waals surface area contributed by atoms with Crippen LogP contribution in [0.1, 0.15) is 15.9 Å². The van der Waals surface area contributed by atoms with Gasteiger partial charge >= 0.3 is 0 Å². The number of carbonyl (C=O) groups is 2. The molecule has 0 bridgehead atoms. The minimum absolute atomic E-state index is 0.109. The van der Waals surface area contributed by atoms with E-state index < -0.39 is 18.4 Å². The summed E-state index contributed by atoms with van der Waals surface area (Å²) in [5.41, 5.74) is 1.23. The number of rotatable bonds is 5. The number of aryl methyl sites for hydroxylation is 1. The maximum atomic E-state index is 11.9. The van der Waals surface area contributed by atoms with Gasteiger partial charge in [0, 0.05) is 6.20 Å². The highest BCUT2D eigenvalue weighted by molar-refractivity contribution is 5.97. The van der Waals surface area contributed by atoms with Crippen LogP contribution in [0.15, 0.2) is 42.6 Å². The van der Waals surface area contributed by atoms with Gasteiger partial charge in [-0.3, -0.25) is 4.79 Å². The van der Waals surface area contributed by atoms with Crippen molar-refractivity contribution in [2.24, 2.45) is 0 Å². The highest BCUT2D eigenvalue weighted by atomic mass is 16.5. The normalized spacial score (nSPS) is 9.95. The Labute approximate surface area is 121 Å². The zero-order valence-electron chi connectivity index (χ0n) is 11.3. The lowest BCUT2D eigenvalue weighted by Gasteiger charge is -2.10. The second kappa shape index (κ2) is 6.51. The third kappa shape index (κ3) is 4.04. The van der Waals surface area contributed by atoms with Crippen molar-refractivity contribution >= 4 is 11.9 Å². The van der Waals surface area contributed by atoms with Crippen molar-refractivity contribution in [2.45, 2.75) is 6.92 Å². The molecule has 0 spiro atoms. The van der Waals surface area contributed by atoms with E-state index in [2.05, 4.69) is 10.3 Å². The van der Waals surface area contributed by atoms with Crippen LogP contribution in [0.2, 0.25) is 0 Å². The van der Waals surface area contributed by atoms with Gasteiger partial charge in [-0.2, -0.15) is 0 Å². The van der Waals surface area contributed by atoms with Gasteiger partial charge in [0.1, 0.15) is 11.3 Å². The summed E-state index contributed by atoms with van der Waals surface area (Å²) < 4.78 is 5.56. The van der Waals surface area contributed by atoms with Gasteiger partial charge in [0.2, 0.25) is 5.88 Å². The van der Waals surface area contributed by atoms with Crippen molar-refractivity contribution in [1.29, 1.82) is 0 Å². The summed E-state index contributed by atoms with van der Waals surface area (Å²) in [5.74, 6) is -1.31. The van der Waals surface area contributed by atoms with Crippen LogP contribution in [-0.4, -0.2) is 23.4 Å². The largest absolute Gasteiger partial charge is 0.548 e. The SMILES string of the molecule is Cc1ccc(Oc2ncccc2C(=O)NCC(=O)[O-])cc1. The number of nitrogens with zero attached hydrogens (tertiary/aromatic N) is 1. The van der Waals surface area contributed by atoms with Crippen LogP contribution in [0.5, 0.6) is 11.6 Å². The Morgan fingerprint density at radius 3 is 2.62 bits per heavy atom. The Morgan fingerprint density at radius 1 is 1.24 bits per heavy atom. The van der Waals surface area contributed by atoms with E-state index in [9.17, 15) is 14.7 Å². The maximum Gasteiger partial charge on any atom is 0.257 e. The van der Waals surface area contributed by atoms with Crippen LogP contribution in [0.25, 0.3) is 0 Å². The summed E-state index contributed by atoms with van der Waals surface area (Å²) in [5, 5.41) is 12.6. The Hall–Kier alpha value is -2.89. The third-order valence-electron chi connectivity index (χ3n) is 2.64. The zero-order valence-corrected chi connectivity index (χ0v) is 11.3. The first kappa shape index (κ1) is 14.5. The van der Waals surface area contributed by atoms with E-state index in [0.717, 1.165) is 5.56 Å². The van der Waals surface area contributed by atoms with Gasteiger partial charge in [0.15, 0.2) is 0 Å². The van der Waals surface area contributed by atoms with Gasteiger partial charge in [-0.15, -0.1) is 0 Å². The molecule has 21 heavy (non-hydrogen) atoms. The van der Waals surface area contributed by atoms with E-state index in [1.54, 1.807) is 18.2 Å². The first-order valence-corrected chi connectivity index (χ1v) is 6.24. The number of hydrogen-bond acceptors (Lipinski definition) is 5. The summed E-state index contributed by atoms with van der Waals surface area (Å²) in [6.07, 6.45) is 1.49. The number of carboxylic acid groups (broad SMARTS) is 1. The summed E-state index contributed by atoms with van der Waals surface area (Å²) in [7, 11) is 0. The van der Waals surface area contributed by atoms with E-state index in [4.69, 9.17) is 4.74 Å². The molecule has 0 aliphatic heterocycles. The van der Waals surface area contributed by atoms with Crippen molar-refractivity contribution in [1.82, 2.24) is 10.3 Å². The fourth-order valence-corrected chi connectivity index (χ4v) is 1.61. The first-order chi connectivity index (χ1) is 10.1. The van der Waals surface area contributed by atoms with E-state index in [0.29, 0.717) is 5.75 Å². The van der Waals surface area contributed by atoms with E-state index >= 15 is 0 Å². The van der Waals surface area contributed by atoms with Crippen LogP contribution in [0.4, 0.5) is 0 Å². The number of benzene rings is 1. The van der Waals surface area contributed by atoms with Gasteiger partial charge in [-0.25, -0.2) is 4.98 Å². The third-order valence-corrected chi connectivity index (χ3v) is 2.64. The molecule has 6 heteroatoms. The molecule has 0 aliphatic carbocycles.